The van der Waals surface area contributed by atoms with Gasteiger partial charge in [-0.3, -0.25) is 14.9 Å². The maximum atomic E-state index is 12.9. The summed E-state index contributed by atoms with van der Waals surface area (Å²) < 4.78 is 38.6. The number of alkyl halides is 3. The number of thiocarbonyl (C=S) groups is 1. The lowest BCUT2D eigenvalue weighted by Crippen LogP contribution is -2.34. The van der Waals surface area contributed by atoms with E-state index in [1.165, 1.54) is 24.3 Å². The highest BCUT2D eigenvalue weighted by molar-refractivity contribution is 7.80. The van der Waals surface area contributed by atoms with Gasteiger partial charge in [-0.05, 0) is 72.9 Å². The van der Waals surface area contributed by atoms with Crippen molar-refractivity contribution in [3.8, 4) is 0 Å². The number of nitrogens with one attached hydrogen (secondary N) is 3. The van der Waals surface area contributed by atoms with E-state index in [9.17, 15) is 22.8 Å². The summed E-state index contributed by atoms with van der Waals surface area (Å²) >= 11 is 10.9. The first kappa shape index (κ1) is 23.2. The molecule has 0 heterocycles. The van der Waals surface area contributed by atoms with Gasteiger partial charge in [0.15, 0.2) is 5.11 Å². The van der Waals surface area contributed by atoms with Crippen molar-refractivity contribution < 1.29 is 22.8 Å². The Hall–Kier alpha value is -3.43. The van der Waals surface area contributed by atoms with Crippen molar-refractivity contribution >= 4 is 52.1 Å². The first-order valence-corrected chi connectivity index (χ1v) is 9.87. The highest BCUT2D eigenvalue weighted by atomic mass is 35.5. The van der Waals surface area contributed by atoms with Crippen molar-refractivity contribution in [2.45, 2.75) is 6.18 Å². The van der Waals surface area contributed by atoms with E-state index in [0.717, 1.165) is 12.1 Å². The lowest BCUT2D eigenvalue weighted by Gasteiger charge is -2.12. The van der Waals surface area contributed by atoms with Crippen molar-refractivity contribution in [2.75, 3.05) is 10.6 Å². The van der Waals surface area contributed by atoms with E-state index in [2.05, 4.69) is 16.0 Å². The highest BCUT2D eigenvalue weighted by Gasteiger charge is 2.30. The van der Waals surface area contributed by atoms with E-state index in [1.807, 2.05) is 0 Å². The molecule has 3 N–H and O–H groups in total. The van der Waals surface area contributed by atoms with Gasteiger partial charge in [0.25, 0.3) is 11.8 Å². The molecule has 0 aliphatic heterocycles. The fraction of sp³-hybridized carbons (Fsp3) is 0.0455. The largest absolute Gasteiger partial charge is 0.416 e. The molecule has 10 heteroatoms. The molecule has 5 nitrogen and oxygen atoms in total. The van der Waals surface area contributed by atoms with Crippen LogP contribution in [0.4, 0.5) is 24.5 Å². The van der Waals surface area contributed by atoms with Crippen LogP contribution in [-0.2, 0) is 6.18 Å². The Bertz CT molecular complexity index is 1170. The molecule has 0 atom stereocenters. The molecule has 0 saturated heterocycles. The predicted octanol–water partition coefficient (Wildman–Crippen LogP) is 5.74. The second-order valence-corrected chi connectivity index (χ2v) is 7.37. The molecular weight excluding hydrogens is 463 g/mol. The summed E-state index contributed by atoms with van der Waals surface area (Å²) in [5.74, 6) is -1.05. The number of hydrogen-bond acceptors (Lipinski definition) is 3. The van der Waals surface area contributed by atoms with Crippen LogP contribution >= 0.6 is 23.8 Å². The quantitative estimate of drug-likeness (QED) is 0.419. The Morgan fingerprint density at radius 3 is 2.06 bits per heavy atom. The van der Waals surface area contributed by atoms with Gasteiger partial charge in [0, 0.05) is 27.5 Å². The van der Waals surface area contributed by atoms with Gasteiger partial charge in [0.2, 0.25) is 0 Å². The zero-order chi connectivity index (χ0) is 23.3. The number of halogens is 4. The molecule has 3 aromatic rings. The number of rotatable bonds is 4. The van der Waals surface area contributed by atoms with E-state index in [0.29, 0.717) is 16.3 Å². The summed E-state index contributed by atoms with van der Waals surface area (Å²) in [6, 6.07) is 16.7. The van der Waals surface area contributed by atoms with Gasteiger partial charge in [0.1, 0.15) is 0 Å². The average molecular weight is 478 g/mol. The number of anilines is 2. The molecule has 2 amide bonds. The molecule has 0 radical (unpaired) electrons. The summed E-state index contributed by atoms with van der Waals surface area (Å²) in [6.45, 7) is 0. The number of amides is 2. The van der Waals surface area contributed by atoms with Gasteiger partial charge >= 0.3 is 6.18 Å². The Morgan fingerprint density at radius 1 is 0.781 bits per heavy atom. The third-order valence-corrected chi connectivity index (χ3v) is 4.62. The maximum Gasteiger partial charge on any atom is 0.416 e. The molecule has 0 aromatic heterocycles. The van der Waals surface area contributed by atoms with Gasteiger partial charge in [-0.2, -0.15) is 13.2 Å². The monoisotopic (exact) mass is 477 g/mol. The molecule has 0 bridgehead atoms. The lowest BCUT2D eigenvalue weighted by atomic mass is 10.1. The molecule has 0 aliphatic carbocycles. The number of benzene rings is 3. The van der Waals surface area contributed by atoms with Crippen molar-refractivity contribution in [1.29, 1.82) is 0 Å². The summed E-state index contributed by atoms with van der Waals surface area (Å²) in [5, 5.41) is 8.21. The molecule has 164 valence electrons. The summed E-state index contributed by atoms with van der Waals surface area (Å²) in [6.07, 6.45) is -4.52. The normalized spacial score (nSPS) is 10.9. The Balaban J connectivity index is 1.64. The maximum absolute atomic E-state index is 12.9. The smallest absolute Gasteiger partial charge is 0.332 e. The van der Waals surface area contributed by atoms with Crippen LogP contribution in [0, 0.1) is 0 Å². The Labute approximate surface area is 191 Å². The van der Waals surface area contributed by atoms with Crippen LogP contribution in [0.25, 0.3) is 0 Å². The van der Waals surface area contributed by atoms with Gasteiger partial charge in [0.05, 0.1) is 5.56 Å². The van der Waals surface area contributed by atoms with Gasteiger partial charge in [-0.25, -0.2) is 0 Å². The minimum atomic E-state index is -4.52. The van der Waals surface area contributed by atoms with E-state index < -0.39 is 23.6 Å². The van der Waals surface area contributed by atoms with Crippen molar-refractivity contribution in [3.63, 3.8) is 0 Å². The van der Waals surface area contributed by atoms with Gasteiger partial charge < -0.3 is 10.6 Å². The lowest BCUT2D eigenvalue weighted by molar-refractivity contribution is -0.137. The predicted molar refractivity (Wildman–Crippen MR) is 121 cm³/mol. The SMILES string of the molecule is O=C(NC(=S)Nc1cccc(C(=O)Nc2cccc(C(F)(F)F)c2)c1)c1ccc(Cl)cc1. The van der Waals surface area contributed by atoms with Crippen LogP contribution in [0.1, 0.15) is 26.3 Å². The van der Waals surface area contributed by atoms with E-state index in [-0.39, 0.29) is 16.4 Å². The summed E-state index contributed by atoms with van der Waals surface area (Å²) in [5.41, 5.74) is 0.0801. The Morgan fingerprint density at radius 2 is 1.41 bits per heavy atom. The zero-order valence-corrected chi connectivity index (χ0v) is 17.7. The van der Waals surface area contributed by atoms with E-state index >= 15 is 0 Å². The van der Waals surface area contributed by atoms with Crippen molar-refractivity contribution in [2.24, 2.45) is 0 Å². The minimum Gasteiger partial charge on any atom is -0.332 e. The second kappa shape index (κ2) is 9.80. The minimum absolute atomic E-state index is 0.000358. The molecule has 0 fully saturated rings. The fourth-order valence-electron chi connectivity index (χ4n) is 2.65. The van der Waals surface area contributed by atoms with Crippen LogP contribution in [-0.4, -0.2) is 16.9 Å². The summed E-state index contributed by atoms with van der Waals surface area (Å²) in [4.78, 5) is 24.7. The zero-order valence-electron chi connectivity index (χ0n) is 16.2. The molecule has 0 aliphatic rings. The van der Waals surface area contributed by atoms with Crippen LogP contribution in [0.3, 0.4) is 0 Å². The number of carbonyl (C=O) groups is 2. The fourth-order valence-corrected chi connectivity index (χ4v) is 2.99. The molecule has 0 unspecified atom stereocenters. The van der Waals surface area contributed by atoms with E-state index in [4.69, 9.17) is 23.8 Å². The van der Waals surface area contributed by atoms with Crippen LogP contribution in [0.5, 0.6) is 0 Å². The van der Waals surface area contributed by atoms with Crippen molar-refractivity contribution in [1.82, 2.24) is 5.32 Å². The first-order chi connectivity index (χ1) is 15.1. The molecule has 32 heavy (non-hydrogen) atoms. The number of hydrogen-bond donors (Lipinski definition) is 3. The van der Waals surface area contributed by atoms with Crippen LogP contribution in [0.2, 0.25) is 5.02 Å². The highest BCUT2D eigenvalue weighted by Crippen LogP contribution is 2.30. The van der Waals surface area contributed by atoms with Gasteiger partial charge in [-0.1, -0.05) is 23.7 Å². The third-order valence-electron chi connectivity index (χ3n) is 4.16. The van der Waals surface area contributed by atoms with Crippen LogP contribution in [0.15, 0.2) is 72.8 Å². The topological polar surface area (TPSA) is 70.2 Å². The Kier molecular flexibility index (Phi) is 7.12. The summed E-state index contributed by atoms with van der Waals surface area (Å²) in [7, 11) is 0. The number of carbonyl (C=O) groups excluding carboxylic acids is 2. The molecule has 0 spiro atoms. The van der Waals surface area contributed by atoms with Crippen LogP contribution < -0.4 is 16.0 Å². The molecule has 3 aromatic carbocycles. The molecule has 0 saturated carbocycles. The standard InChI is InChI=1S/C22H15ClF3N3O2S/c23-16-9-7-13(8-10-16)19(30)29-21(32)28-17-5-1-3-14(11-17)20(31)27-18-6-2-4-15(12-18)22(24,25)26/h1-12H,(H,27,31)(H2,28,29,30,32). The molecular formula is C22H15ClF3N3O2S. The van der Waals surface area contributed by atoms with Crippen molar-refractivity contribution in [3.05, 3.63) is 94.5 Å². The first-order valence-electron chi connectivity index (χ1n) is 9.08. The third kappa shape index (κ3) is 6.29. The second-order valence-electron chi connectivity index (χ2n) is 6.53. The van der Waals surface area contributed by atoms with Gasteiger partial charge in [-0.15, -0.1) is 0 Å². The van der Waals surface area contributed by atoms with E-state index in [1.54, 1.807) is 36.4 Å². The molecule has 3 rings (SSSR count). The average Bonchev–Trinajstić information content (AvgIpc) is 2.74.